The summed E-state index contributed by atoms with van der Waals surface area (Å²) in [5.74, 6) is 0.936. The van der Waals surface area contributed by atoms with Gasteiger partial charge in [0.1, 0.15) is 23.2 Å². The molecule has 2 aliphatic rings. The third-order valence-corrected chi connectivity index (χ3v) is 5.89. The lowest BCUT2D eigenvalue weighted by Crippen LogP contribution is -2.52. The number of nitrogens with zero attached hydrogens (tertiary/aromatic N) is 3. The van der Waals surface area contributed by atoms with Gasteiger partial charge in [0, 0.05) is 18.0 Å². The summed E-state index contributed by atoms with van der Waals surface area (Å²) in [5.41, 5.74) is 1.80. The van der Waals surface area contributed by atoms with Crippen molar-refractivity contribution in [2.75, 3.05) is 25.7 Å². The highest BCUT2D eigenvalue weighted by atomic mass is 16.5. The number of anilines is 1. The molecule has 2 bridgehead atoms. The van der Waals surface area contributed by atoms with Crippen LogP contribution in [0.5, 0.6) is 11.5 Å². The van der Waals surface area contributed by atoms with Crippen LogP contribution < -0.4 is 14.4 Å². The minimum Gasteiger partial charge on any atom is -0.497 e. The molecule has 2 amide bonds. The lowest BCUT2D eigenvalue weighted by Gasteiger charge is -2.34. The van der Waals surface area contributed by atoms with Crippen molar-refractivity contribution in [3.05, 3.63) is 60.3 Å². The number of benzene rings is 2. The number of piperazine rings is 1. The first-order chi connectivity index (χ1) is 14.6. The Kier molecular flexibility index (Phi) is 4.31. The van der Waals surface area contributed by atoms with Crippen molar-refractivity contribution >= 4 is 28.4 Å². The Balaban J connectivity index is 1.43. The summed E-state index contributed by atoms with van der Waals surface area (Å²) < 4.78 is 10.8. The molecule has 152 valence electrons. The van der Waals surface area contributed by atoms with E-state index >= 15 is 0 Å². The molecule has 0 unspecified atom stereocenters. The lowest BCUT2D eigenvalue weighted by atomic mass is 10.1. The van der Waals surface area contributed by atoms with Crippen LogP contribution in [0.1, 0.15) is 16.9 Å². The van der Waals surface area contributed by atoms with Crippen LogP contribution >= 0.6 is 0 Å². The van der Waals surface area contributed by atoms with Gasteiger partial charge in [-0.2, -0.15) is 0 Å². The maximum Gasteiger partial charge on any atom is 0.273 e. The Hall–Kier alpha value is -3.61. The van der Waals surface area contributed by atoms with Crippen molar-refractivity contribution in [3.63, 3.8) is 0 Å². The molecule has 3 heterocycles. The number of likely N-dealkylation sites (tertiary alicyclic amines) is 1. The molecular weight excluding hydrogens is 382 g/mol. The SMILES string of the molecule is COc1ccc(OC)c(N2C(=O)[C@@H]3C[C@H]2CN3C(=O)c2ccc3ccccc3n2)c1. The number of fused-ring (bicyclic) bond motifs is 3. The van der Waals surface area contributed by atoms with E-state index in [9.17, 15) is 9.59 Å². The minimum absolute atomic E-state index is 0.104. The maximum absolute atomic E-state index is 13.2. The van der Waals surface area contributed by atoms with Crippen molar-refractivity contribution in [3.8, 4) is 11.5 Å². The number of hydrogen-bond acceptors (Lipinski definition) is 5. The van der Waals surface area contributed by atoms with E-state index in [2.05, 4.69) is 4.98 Å². The predicted octanol–water partition coefficient (Wildman–Crippen LogP) is 2.88. The summed E-state index contributed by atoms with van der Waals surface area (Å²) in [7, 11) is 3.16. The Bertz CT molecular complexity index is 1160. The monoisotopic (exact) mass is 403 g/mol. The van der Waals surface area contributed by atoms with Crippen molar-refractivity contribution in [1.29, 1.82) is 0 Å². The van der Waals surface area contributed by atoms with Crippen LogP contribution in [0.2, 0.25) is 0 Å². The van der Waals surface area contributed by atoms with E-state index < -0.39 is 6.04 Å². The van der Waals surface area contributed by atoms with Gasteiger partial charge in [-0.1, -0.05) is 24.3 Å². The third kappa shape index (κ3) is 2.77. The molecular formula is C23H21N3O4. The summed E-state index contributed by atoms with van der Waals surface area (Å²) in [4.78, 5) is 34.2. The van der Waals surface area contributed by atoms with E-state index in [1.54, 1.807) is 48.3 Å². The average molecular weight is 403 g/mol. The van der Waals surface area contributed by atoms with Crippen LogP contribution in [0.3, 0.4) is 0 Å². The summed E-state index contributed by atoms with van der Waals surface area (Å²) in [5, 5.41) is 0.976. The molecule has 0 radical (unpaired) electrons. The highest BCUT2D eigenvalue weighted by Crippen LogP contribution is 2.41. The number of hydrogen-bond donors (Lipinski definition) is 0. The number of carbonyl (C=O) groups is 2. The average Bonchev–Trinajstić information content (AvgIpc) is 3.36. The van der Waals surface area contributed by atoms with Crippen LogP contribution in [0, 0.1) is 0 Å². The third-order valence-electron chi connectivity index (χ3n) is 5.89. The Morgan fingerprint density at radius 3 is 2.67 bits per heavy atom. The first-order valence-electron chi connectivity index (χ1n) is 9.82. The van der Waals surface area contributed by atoms with Gasteiger partial charge in [-0.25, -0.2) is 4.98 Å². The number of ether oxygens (including phenoxy) is 2. The Labute approximate surface area is 173 Å². The number of carbonyl (C=O) groups excluding carboxylic acids is 2. The lowest BCUT2D eigenvalue weighted by molar-refractivity contribution is -0.121. The molecule has 2 atom stereocenters. The fraction of sp³-hybridized carbons (Fsp3) is 0.261. The number of pyridine rings is 1. The molecule has 7 heteroatoms. The highest BCUT2D eigenvalue weighted by Gasteiger charge is 2.52. The van der Waals surface area contributed by atoms with E-state index in [0.29, 0.717) is 35.8 Å². The van der Waals surface area contributed by atoms with Gasteiger partial charge in [0.2, 0.25) is 5.91 Å². The van der Waals surface area contributed by atoms with Crippen LogP contribution in [0.15, 0.2) is 54.6 Å². The zero-order valence-electron chi connectivity index (χ0n) is 16.7. The molecule has 5 rings (SSSR count). The number of methoxy groups -OCH3 is 2. The van der Waals surface area contributed by atoms with Crippen molar-refractivity contribution in [2.45, 2.75) is 18.5 Å². The topological polar surface area (TPSA) is 72.0 Å². The van der Waals surface area contributed by atoms with Crippen molar-refractivity contribution in [1.82, 2.24) is 9.88 Å². The fourth-order valence-electron chi connectivity index (χ4n) is 4.43. The number of para-hydroxylation sites is 1. The van der Waals surface area contributed by atoms with Crippen molar-refractivity contribution < 1.29 is 19.1 Å². The first-order valence-corrected chi connectivity index (χ1v) is 9.82. The Morgan fingerprint density at radius 1 is 1.07 bits per heavy atom. The van der Waals surface area contributed by atoms with Crippen LogP contribution in [-0.2, 0) is 4.79 Å². The van der Waals surface area contributed by atoms with Crippen LogP contribution in [0.25, 0.3) is 10.9 Å². The summed E-state index contributed by atoms with van der Waals surface area (Å²) in [6.45, 7) is 0.462. The molecule has 2 fully saturated rings. The molecule has 3 aromatic rings. The van der Waals surface area contributed by atoms with Gasteiger partial charge in [0.15, 0.2) is 0 Å². The largest absolute Gasteiger partial charge is 0.497 e. The van der Waals surface area contributed by atoms with Gasteiger partial charge >= 0.3 is 0 Å². The van der Waals surface area contributed by atoms with Gasteiger partial charge in [0.05, 0.1) is 31.5 Å². The summed E-state index contributed by atoms with van der Waals surface area (Å²) >= 11 is 0. The van der Waals surface area contributed by atoms with Crippen LogP contribution in [0.4, 0.5) is 5.69 Å². The smallest absolute Gasteiger partial charge is 0.273 e. The highest BCUT2D eigenvalue weighted by molar-refractivity contribution is 6.07. The van der Waals surface area contributed by atoms with E-state index in [4.69, 9.17) is 9.47 Å². The number of amides is 2. The molecule has 30 heavy (non-hydrogen) atoms. The molecule has 2 saturated heterocycles. The molecule has 0 spiro atoms. The van der Waals surface area contributed by atoms with E-state index in [1.807, 2.05) is 30.3 Å². The second-order valence-corrected chi connectivity index (χ2v) is 7.50. The van der Waals surface area contributed by atoms with E-state index in [0.717, 1.165) is 10.9 Å². The second-order valence-electron chi connectivity index (χ2n) is 7.50. The second kappa shape index (κ2) is 7.02. The minimum atomic E-state index is -0.494. The predicted molar refractivity (Wildman–Crippen MR) is 112 cm³/mol. The number of rotatable bonds is 4. The molecule has 0 saturated carbocycles. The van der Waals surface area contributed by atoms with Gasteiger partial charge in [-0.3, -0.25) is 9.59 Å². The molecule has 0 N–H and O–H groups in total. The fourth-order valence-corrected chi connectivity index (χ4v) is 4.43. The van der Waals surface area contributed by atoms with Gasteiger partial charge in [-0.05, 0) is 30.7 Å². The van der Waals surface area contributed by atoms with Crippen molar-refractivity contribution in [2.24, 2.45) is 0 Å². The number of aromatic nitrogens is 1. The molecule has 2 aliphatic heterocycles. The van der Waals surface area contributed by atoms with Gasteiger partial charge in [-0.15, -0.1) is 0 Å². The summed E-state index contributed by atoms with van der Waals surface area (Å²) in [6, 6.07) is 16.1. The molecule has 1 aromatic heterocycles. The molecule has 7 nitrogen and oxygen atoms in total. The zero-order chi connectivity index (χ0) is 20.8. The normalized spacial score (nSPS) is 20.1. The molecule has 2 aromatic carbocycles. The van der Waals surface area contributed by atoms with Gasteiger partial charge < -0.3 is 19.3 Å². The van der Waals surface area contributed by atoms with E-state index in [1.165, 1.54) is 0 Å². The Morgan fingerprint density at radius 2 is 1.90 bits per heavy atom. The quantitative estimate of drug-likeness (QED) is 0.670. The first kappa shape index (κ1) is 18.4. The van der Waals surface area contributed by atoms with E-state index in [-0.39, 0.29) is 17.9 Å². The maximum atomic E-state index is 13.2. The zero-order valence-corrected chi connectivity index (χ0v) is 16.7. The van der Waals surface area contributed by atoms with Gasteiger partial charge in [0.25, 0.3) is 5.91 Å². The summed E-state index contributed by atoms with van der Waals surface area (Å²) in [6.07, 6.45) is 0.596. The molecule has 0 aliphatic carbocycles. The standard InChI is InChI=1S/C23H21N3O4/c1-29-16-8-10-21(30-2)19(12-16)26-15-11-20(23(26)28)25(13-15)22(27)18-9-7-14-5-3-4-6-17(14)24-18/h3-10,12,15,20H,11,13H2,1-2H3/t15-,20-/m0/s1. The van der Waals surface area contributed by atoms with Crippen LogP contribution in [-0.4, -0.2) is 54.5 Å².